The number of aryl methyl sites for hydroxylation is 1. The zero-order valence-corrected chi connectivity index (χ0v) is 9.95. The summed E-state index contributed by atoms with van der Waals surface area (Å²) in [5, 5.41) is 6.95. The van der Waals surface area contributed by atoms with Crippen LogP contribution in [0.15, 0.2) is 23.0 Å². The number of aromatic amines is 2. The van der Waals surface area contributed by atoms with Crippen molar-refractivity contribution in [2.75, 3.05) is 0 Å². The van der Waals surface area contributed by atoms with Crippen molar-refractivity contribution in [3.8, 4) is 11.3 Å². The Morgan fingerprint density at radius 1 is 1.44 bits per heavy atom. The number of hydrogen-bond donors (Lipinski definition) is 2. The van der Waals surface area contributed by atoms with Gasteiger partial charge in [-0.1, -0.05) is 29.8 Å². The normalized spacial score (nSPS) is 10.4. The highest BCUT2D eigenvalue weighted by Crippen LogP contribution is 2.26. The fraction of sp³-hybridized carbons (Fsp3) is 0.100. The summed E-state index contributed by atoms with van der Waals surface area (Å²) >= 11 is 10.9. The summed E-state index contributed by atoms with van der Waals surface area (Å²) in [6.07, 6.45) is 0. The van der Waals surface area contributed by atoms with Gasteiger partial charge in [0.05, 0.1) is 5.02 Å². The third-order valence-electron chi connectivity index (χ3n) is 2.16. The number of nitrogens with zero attached hydrogens (tertiary/aromatic N) is 1. The molecule has 0 bridgehead atoms. The molecule has 2 rings (SSSR count). The molecule has 2 aromatic rings. The average Bonchev–Trinajstić information content (AvgIpc) is 2.23. The highest BCUT2D eigenvalue weighted by atomic mass is 35.5. The van der Waals surface area contributed by atoms with E-state index >= 15 is 0 Å². The Balaban J connectivity index is 2.73. The van der Waals surface area contributed by atoms with Crippen molar-refractivity contribution in [2.24, 2.45) is 0 Å². The minimum absolute atomic E-state index is 0.192. The van der Waals surface area contributed by atoms with Crippen LogP contribution in [0.25, 0.3) is 11.3 Å². The molecule has 1 heterocycles. The van der Waals surface area contributed by atoms with E-state index < -0.39 is 0 Å². The standard InChI is InChI=1S/C10H8ClN3OS/c1-5-3-2-4-6(7(5)11)8-9(15)12-10(16)14-13-8/h2-4H,1H3,(H2,12,14,15,16). The maximum atomic E-state index is 11.6. The first-order valence-electron chi connectivity index (χ1n) is 4.54. The lowest BCUT2D eigenvalue weighted by Crippen LogP contribution is -2.13. The molecular formula is C10H8ClN3OS. The van der Waals surface area contributed by atoms with Crippen LogP contribution >= 0.6 is 23.8 Å². The molecule has 1 aromatic heterocycles. The minimum atomic E-state index is -0.351. The van der Waals surface area contributed by atoms with Crippen LogP contribution in [-0.2, 0) is 0 Å². The first-order valence-corrected chi connectivity index (χ1v) is 5.32. The second kappa shape index (κ2) is 4.19. The molecule has 82 valence electrons. The van der Waals surface area contributed by atoms with E-state index in [-0.39, 0.29) is 16.0 Å². The number of halogens is 1. The second-order valence-electron chi connectivity index (χ2n) is 3.29. The van der Waals surface area contributed by atoms with E-state index in [0.717, 1.165) is 5.56 Å². The number of nitrogens with one attached hydrogen (secondary N) is 2. The number of aromatic nitrogens is 3. The third-order valence-corrected chi connectivity index (χ3v) is 2.85. The van der Waals surface area contributed by atoms with E-state index in [0.29, 0.717) is 10.6 Å². The second-order valence-corrected chi connectivity index (χ2v) is 4.08. The first-order chi connectivity index (χ1) is 7.59. The molecule has 0 saturated carbocycles. The maximum Gasteiger partial charge on any atom is 0.278 e. The van der Waals surface area contributed by atoms with Gasteiger partial charge in [-0.3, -0.25) is 14.9 Å². The van der Waals surface area contributed by atoms with Crippen molar-refractivity contribution >= 4 is 23.8 Å². The van der Waals surface area contributed by atoms with Gasteiger partial charge < -0.3 is 0 Å². The van der Waals surface area contributed by atoms with E-state index in [9.17, 15) is 4.79 Å². The van der Waals surface area contributed by atoms with E-state index in [1.54, 1.807) is 6.07 Å². The summed E-state index contributed by atoms with van der Waals surface area (Å²) in [6.45, 7) is 1.87. The van der Waals surface area contributed by atoms with Crippen molar-refractivity contribution in [3.63, 3.8) is 0 Å². The largest absolute Gasteiger partial charge is 0.296 e. The Morgan fingerprint density at radius 2 is 2.19 bits per heavy atom. The predicted molar refractivity (Wildman–Crippen MR) is 65.2 cm³/mol. The molecule has 0 aliphatic carbocycles. The molecule has 0 radical (unpaired) electrons. The Hall–Kier alpha value is -1.46. The molecule has 0 aliphatic rings. The first kappa shape index (κ1) is 11.0. The lowest BCUT2D eigenvalue weighted by atomic mass is 10.1. The molecule has 6 heteroatoms. The molecule has 0 atom stereocenters. The van der Waals surface area contributed by atoms with Crippen LogP contribution in [0.5, 0.6) is 0 Å². The van der Waals surface area contributed by atoms with Gasteiger partial charge in [0.15, 0.2) is 10.5 Å². The summed E-state index contributed by atoms with van der Waals surface area (Å²) in [5.74, 6) is 0. The highest BCUT2D eigenvalue weighted by molar-refractivity contribution is 7.71. The molecule has 4 nitrogen and oxygen atoms in total. The van der Waals surface area contributed by atoms with Gasteiger partial charge in [0.2, 0.25) is 0 Å². The number of rotatable bonds is 1. The van der Waals surface area contributed by atoms with Crippen LogP contribution < -0.4 is 5.56 Å². The van der Waals surface area contributed by atoms with Crippen molar-refractivity contribution < 1.29 is 0 Å². The summed E-state index contributed by atoms with van der Waals surface area (Å²) in [6, 6.07) is 5.42. The van der Waals surface area contributed by atoms with Crippen LogP contribution in [-0.4, -0.2) is 15.2 Å². The zero-order chi connectivity index (χ0) is 11.7. The molecule has 1 aromatic carbocycles. The smallest absolute Gasteiger partial charge is 0.278 e. The van der Waals surface area contributed by atoms with Crippen molar-refractivity contribution in [2.45, 2.75) is 6.92 Å². The van der Waals surface area contributed by atoms with Crippen LogP contribution in [0.1, 0.15) is 5.56 Å². The fourth-order valence-electron chi connectivity index (χ4n) is 1.36. The third kappa shape index (κ3) is 1.91. The SMILES string of the molecule is Cc1cccc(-c2n[nH]c(=S)[nH]c2=O)c1Cl. The molecular weight excluding hydrogens is 246 g/mol. The Labute approximate surface area is 101 Å². The minimum Gasteiger partial charge on any atom is -0.296 e. The molecule has 16 heavy (non-hydrogen) atoms. The van der Waals surface area contributed by atoms with Crippen molar-refractivity contribution in [1.82, 2.24) is 15.2 Å². The summed E-state index contributed by atoms with van der Waals surface area (Å²) < 4.78 is 0.192. The zero-order valence-electron chi connectivity index (χ0n) is 8.37. The van der Waals surface area contributed by atoms with Gasteiger partial charge in [-0.15, -0.1) is 0 Å². The van der Waals surface area contributed by atoms with Gasteiger partial charge >= 0.3 is 0 Å². The fourth-order valence-corrected chi connectivity index (χ4v) is 1.71. The molecule has 0 fully saturated rings. The van der Waals surface area contributed by atoms with Gasteiger partial charge in [-0.25, -0.2) is 0 Å². The topological polar surface area (TPSA) is 61.5 Å². The van der Waals surface area contributed by atoms with E-state index in [1.807, 2.05) is 19.1 Å². The van der Waals surface area contributed by atoms with E-state index in [1.165, 1.54) is 0 Å². The molecule has 2 N–H and O–H groups in total. The van der Waals surface area contributed by atoms with E-state index in [2.05, 4.69) is 15.2 Å². The molecule has 0 unspecified atom stereocenters. The predicted octanol–water partition coefficient (Wildman–Crippen LogP) is 2.46. The quantitative estimate of drug-likeness (QED) is 0.768. The van der Waals surface area contributed by atoms with Crippen molar-refractivity contribution in [1.29, 1.82) is 0 Å². The van der Waals surface area contributed by atoms with Gasteiger partial charge in [0.25, 0.3) is 5.56 Å². The van der Waals surface area contributed by atoms with Crippen LogP contribution in [0.4, 0.5) is 0 Å². The Kier molecular flexibility index (Phi) is 2.89. The van der Waals surface area contributed by atoms with Gasteiger partial charge in [0.1, 0.15) is 0 Å². The van der Waals surface area contributed by atoms with E-state index in [4.69, 9.17) is 23.8 Å². The summed E-state index contributed by atoms with van der Waals surface area (Å²) in [5.41, 5.74) is 1.37. The summed E-state index contributed by atoms with van der Waals surface area (Å²) in [4.78, 5) is 14.1. The number of hydrogen-bond acceptors (Lipinski definition) is 3. The molecule has 0 amide bonds. The Bertz CT molecular complexity index is 647. The highest BCUT2D eigenvalue weighted by Gasteiger charge is 2.10. The van der Waals surface area contributed by atoms with Crippen LogP contribution in [0.3, 0.4) is 0 Å². The number of benzene rings is 1. The molecule has 0 aliphatic heterocycles. The van der Waals surface area contributed by atoms with Gasteiger partial charge in [-0.05, 0) is 24.7 Å². The lowest BCUT2D eigenvalue weighted by molar-refractivity contribution is 0.931. The maximum absolute atomic E-state index is 11.6. The van der Waals surface area contributed by atoms with Crippen LogP contribution in [0, 0.1) is 11.7 Å². The molecule has 0 spiro atoms. The molecule has 0 saturated heterocycles. The average molecular weight is 254 g/mol. The van der Waals surface area contributed by atoms with Crippen LogP contribution in [0.2, 0.25) is 5.02 Å². The lowest BCUT2D eigenvalue weighted by Gasteiger charge is -2.04. The van der Waals surface area contributed by atoms with Gasteiger partial charge in [-0.2, -0.15) is 5.10 Å². The monoisotopic (exact) mass is 253 g/mol. The van der Waals surface area contributed by atoms with Gasteiger partial charge in [0, 0.05) is 5.56 Å². The summed E-state index contributed by atoms with van der Waals surface area (Å²) in [7, 11) is 0. The van der Waals surface area contributed by atoms with Crippen molar-refractivity contribution in [3.05, 3.63) is 43.9 Å². The Morgan fingerprint density at radius 3 is 2.88 bits per heavy atom. The number of H-pyrrole nitrogens is 2.